The first-order chi connectivity index (χ1) is 9.74. The average Bonchev–Trinajstić information content (AvgIpc) is 2.78. The molecule has 2 aromatic rings. The van der Waals surface area contributed by atoms with E-state index in [1.54, 1.807) is 0 Å². The van der Waals surface area contributed by atoms with Gasteiger partial charge in [-0.1, -0.05) is 15.9 Å². The molecule has 0 aliphatic carbocycles. The minimum atomic E-state index is -4.50. The van der Waals surface area contributed by atoms with Crippen LogP contribution in [-0.4, -0.2) is 22.6 Å². The first-order valence-corrected chi connectivity index (χ1v) is 6.32. The van der Waals surface area contributed by atoms with Crippen molar-refractivity contribution >= 4 is 27.7 Å². The molecule has 1 aromatic carbocycles. The molecule has 1 aromatic heterocycles. The van der Waals surface area contributed by atoms with E-state index in [-0.39, 0.29) is 21.7 Å². The van der Waals surface area contributed by atoms with Crippen molar-refractivity contribution in [2.75, 3.05) is 12.8 Å². The van der Waals surface area contributed by atoms with Gasteiger partial charge in [-0.3, -0.25) is 4.57 Å². The molecule has 0 amide bonds. The molecule has 0 aliphatic rings. The second-order valence-corrected chi connectivity index (χ2v) is 4.95. The van der Waals surface area contributed by atoms with Crippen LogP contribution in [0, 0.1) is 0 Å². The number of benzene rings is 1. The normalized spacial score (nSPS) is 11.5. The van der Waals surface area contributed by atoms with Gasteiger partial charge in [0.1, 0.15) is 12.1 Å². The van der Waals surface area contributed by atoms with Gasteiger partial charge in [0.05, 0.1) is 18.4 Å². The summed E-state index contributed by atoms with van der Waals surface area (Å²) in [7, 11) is 1.15. The number of nitrogen functional groups attached to an aromatic ring is 1. The molecule has 0 aliphatic heterocycles. The Morgan fingerprint density at radius 3 is 2.62 bits per heavy atom. The largest absolute Gasteiger partial charge is 0.464 e. The summed E-state index contributed by atoms with van der Waals surface area (Å²) < 4.78 is 44.3. The van der Waals surface area contributed by atoms with E-state index in [1.807, 2.05) is 0 Å². The summed E-state index contributed by atoms with van der Waals surface area (Å²) in [4.78, 5) is 15.2. The molecule has 0 bridgehead atoms. The fourth-order valence-electron chi connectivity index (χ4n) is 1.69. The summed E-state index contributed by atoms with van der Waals surface area (Å²) in [6.45, 7) is 0. The molecular formula is C12H9BrF3N3O2. The maximum Gasteiger partial charge on any atom is 0.416 e. The van der Waals surface area contributed by atoms with E-state index >= 15 is 0 Å². The summed E-state index contributed by atoms with van der Waals surface area (Å²) in [5, 5.41) is 0. The Morgan fingerprint density at radius 2 is 2.05 bits per heavy atom. The molecule has 0 unspecified atom stereocenters. The zero-order valence-corrected chi connectivity index (χ0v) is 12.2. The Hall–Kier alpha value is -2.03. The summed E-state index contributed by atoms with van der Waals surface area (Å²) in [6, 6.07) is 3.27. The molecule has 0 fully saturated rings. The number of hydrogen-bond acceptors (Lipinski definition) is 4. The first-order valence-electron chi connectivity index (χ1n) is 5.53. The predicted octanol–water partition coefficient (Wildman–Crippen LogP) is 3.02. The molecule has 0 atom stereocenters. The van der Waals surface area contributed by atoms with Gasteiger partial charge in [0.2, 0.25) is 0 Å². The molecule has 0 radical (unpaired) electrons. The number of carbonyl (C=O) groups is 1. The van der Waals surface area contributed by atoms with Gasteiger partial charge >= 0.3 is 12.1 Å². The molecule has 0 saturated carbocycles. The highest BCUT2D eigenvalue weighted by atomic mass is 79.9. The number of alkyl halides is 3. The van der Waals surface area contributed by atoms with E-state index in [0.29, 0.717) is 0 Å². The predicted molar refractivity (Wildman–Crippen MR) is 72.0 cm³/mol. The van der Waals surface area contributed by atoms with Crippen LogP contribution in [0.4, 0.5) is 19.0 Å². The van der Waals surface area contributed by atoms with E-state index in [4.69, 9.17) is 5.73 Å². The van der Waals surface area contributed by atoms with Gasteiger partial charge in [0.15, 0.2) is 5.69 Å². The van der Waals surface area contributed by atoms with Crippen molar-refractivity contribution in [3.8, 4) is 5.69 Å². The lowest BCUT2D eigenvalue weighted by molar-refractivity contribution is -0.137. The minimum absolute atomic E-state index is 0.104. The summed E-state index contributed by atoms with van der Waals surface area (Å²) in [6.07, 6.45) is -3.34. The molecule has 5 nitrogen and oxygen atoms in total. The van der Waals surface area contributed by atoms with Gasteiger partial charge in [-0.05, 0) is 18.2 Å². The highest BCUT2D eigenvalue weighted by molar-refractivity contribution is 9.10. The maximum absolute atomic E-state index is 12.8. The topological polar surface area (TPSA) is 70.1 Å². The van der Waals surface area contributed by atoms with Gasteiger partial charge in [0.25, 0.3) is 0 Å². The number of aromatic nitrogens is 2. The zero-order chi connectivity index (χ0) is 15.8. The van der Waals surface area contributed by atoms with Crippen LogP contribution in [0.3, 0.4) is 0 Å². The smallest absolute Gasteiger partial charge is 0.416 e. The van der Waals surface area contributed by atoms with Crippen molar-refractivity contribution in [1.82, 2.24) is 9.55 Å². The lowest BCUT2D eigenvalue weighted by Crippen LogP contribution is -2.09. The molecular weight excluding hydrogens is 355 g/mol. The number of rotatable bonds is 2. The van der Waals surface area contributed by atoms with Crippen LogP contribution >= 0.6 is 15.9 Å². The van der Waals surface area contributed by atoms with Crippen LogP contribution in [0.15, 0.2) is 29.0 Å². The SMILES string of the molecule is COC(=O)c1ncn(-c2cc(Br)cc(C(F)(F)F)c2)c1N. The summed E-state index contributed by atoms with van der Waals surface area (Å²) in [5.74, 6) is -0.870. The Kier molecular flexibility index (Phi) is 3.95. The van der Waals surface area contributed by atoms with Gasteiger partial charge in [0, 0.05) is 4.47 Å². The second kappa shape index (κ2) is 5.40. The van der Waals surface area contributed by atoms with Gasteiger partial charge < -0.3 is 10.5 Å². The van der Waals surface area contributed by atoms with Crippen molar-refractivity contribution in [1.29, 1.82) is 0 Å². The molecule has 2 N–H and O–H groups in total. The van der Waals surface area contributed by atoms with Gasteiger partial charge in [-0.15, -0.1) is 0 Å². The number of imidazole rings is 1. The van der Waals surface area contributed by atoms with Crippen LogP contribution in [-0.2, 0) is 10.9 Å². The fraction of sp³-hybridized carbons (Fsp3) is 0.167. The van der Waals surface area contributed by atoms with E-state index < -0.39 is 17.7 Å². The van der Waals surface area contributed by atoms with Crippen LogP contribution < -0.4 is 5.73 Å². The Bertz CT molecular complexity index is 698. The van der Waals surface area contributed by atoms with Crippen LogP contribution in [0.5, 0.6) is 0 Å². The monoisotopic (exact) mass is 363 g/mol. The molecule has 0 spiro atoms. The summed E-state index contributed by atoms with van der Waals surface area (Å²) >= 11 is 3.01. The third kappa shape index (κ3) is 3.02. The highest BCUT2D eigenvalue weighted by Gasteiger charge is 2.31. The number of nitrogens with zero attached hydrogens (tertiary/aromatic N) is 2. The number of esters is 1. The first kappa shape index (κ1) is 15.4. The molecule has 2 rings (SSSR count). The van der Waals surface area contributed by atoms with Crippen LogP contribution in [0.1, 0.15) is 16.1 Å². The standard InChI is InChI=1S/C12H9BrF3N3O2/c1-21-11(20)9-10(17)19(5-18-9)8-3-6(12(14,15)16)2-7(13)4-8/h2-5H,17H2,1H3. The number of hydrogen-bond donors (Lipinski definition) is 1. The Labute approximate surface area is 125 Å². The molecule has 21 heavy (non-hydrogen) atoms. The van der Waals surface area contributed by atoms with Crippen molar-refractivity contribution < 1.29 is 22.7 Å². The number of nitrogens with two attached hydrogens (primary N) is 1. The Morgan fingerprint density at radius 1 is 1.38 bits per heavy atom. The van der Waals surface area contributed by atoms with E-state index in [9.17, 15) is 18.0 Å². The number of halogens is 4. The zero-order valence-electron chi connectivity index (χ0n) is 10.6. The number of methoxy groups -OCH3 is 1. The summed E-state index contributed by atoms with van der Waals surface area (Å²) in [5.41, 5.74) is 4.84. The van der Waals surface area contributed by atoms with Crippen LogP contribution in [0.25, 0.3) is 5.69 Å². The molecule has 1 heterocycles. The molecule has 9 heteroatoms. The number of anilines is 1. The maximum atomic E-state index is 12.8. The Balaban J connectivity index is 2.55. The number of carbonyl (C=O) groups excluding carboxylic acids is 1. The molecule has 0 saturated heterocycles. The lowest BCUT2D eigenvalue weighted by Gasteiger charge is -2.11. The quantitative estimate of drug-likeness (QED) is 0.832. The van der Waals surface area contributed by atoms with E-state index in [0.717, 1.165) is 25.6 Å². The van der Waals surface area contributed by atoms with Crippen molar-refractivity contribution in [2.45, 2.75) is 6.18 Å². The van der Waals surface area contributed by atoms with Crippen molar-refractivity contribution in [2.24, 2.45) is 0 Å². The third-order valence-corrected chi connectivity index (χ3v) is 3.13. The van der Waals surface area contributed by atoms with Crippen molar-refractivity contribution in [3.05, 3.63) is 40.3 Å². The number of ether oxygens (including phenoxy) is 1. The van der Waals surface area contributed by atoms with E-state index in [1.165, 1.54) is 10.6 Å². The molecule has 112 valence electrons. The lowest BCUT2D eigenvalue weighted by atomic mass is 10.2. The third-order valence-electron chi connectivity index (χ3n) is 2.67. The van der Waals surface area contributed by atoms with Crippen LogP contribution in [0.2, 0.25) is 0 Å². The van der Waals surface area contributed by atoms with Gasteiger partial charge in [-0.25, -0.2) is 9.78 Å². The van der Waals surface area contributed by atoms with E-state index in [2.05, 4.69) is 25.7 Å². The second-order valence-electron chi connectivity index (χ2n) is 4.04. The van der Waals surface area contributed by atoms with Gasteiger partial charge in [-0.2, -0.15) is 13.2 Å². The minimum Gasteiger partial charge on any atom is -0.464 e. The fourth-order valence-corrected chi connectivity index (χ4v) is 2.18. The average molecular weight is 364 g/mol. The van der Waals surface area contributed by atoms with Crippen molar-refractivity contribution in [3.63, 3.8) is 0 Å². The highest BCUT2D eigenvalue weighted by Crippen LogP contribution is 2.33.